The molecule has 0 radical (unpaired) electrons. The molecule has 5 atom stereocenters. The van der Waals surface area contributed by atoms with E-state index in [0.717, 1.165) is 0 Å². The number of aliphatic hydroxyl groups is 3. The van der Waals surface area contributed by atoms with Crippen LogP contribution >= 0.6 is 35.4 Å². The van der Waals surface area contributed by atoms with Crippen molar-refractivity contribution in [1.29, 1.82) is 0 Å². The molecule has 0 saturated carbocycles. The average molecular weight is 461 g/mol. The third kappa shape index (κ3) is 5.70. The Hall–Kier alpha value is -1.65. The second-order valence-electron chi connectivity index (χ2n) is 6.17. The van der Waals surface area contributed by atoms with Crippen molar-refractivity contribution < 1.29 is 34.3 Å². The van der Waals surface area contributed by atoms with E-state index >= 15 is 0 Å². The predicted octanol–water partition coefficient (Wildman–Crippen LogP) is 2.56. The molecule has 1 heterocycles. The maximum atomic E-state index is 10.6. The van der Waals surface area contributed by atoms with Crippen molar-refractivity contribution in [1.82, 2.24) is 0 Å². The number of rotatable bonds is 5. The second-order valence-corrected chi connectivity index (χ2v) is 7.37. The predicted molar refractivity (Wildman–Crippen MR) is 109 cm³/mol. The zero-order valence-electron chi connectivity index (χ0n) is 14.9. The molecule has 0 amide bonds. The van der Waals surface area contributed by atoms with Gasteiger partial charge in [-0.25, -0.2) is 0 Å². The van der Waals surface area contributed by atoms with Crippen molar-refractivity contribution in [2.45, 2.75) is 30.7 Å². The number of benzene rings is 2. The molecule has 7 nitrogen and oxygen atoms in total. The van der Waals surface area contributed by atoms with Crippen LogP contribution in [0.2, 0.25) is 10.0 Å². The summed E-state index contributed by atoms with van der Waals surface area (Å²) in [5, 5.41) is 31.2. The fourth-order valence-corrected chi connectivity index (χ4v) is 3.13. The first kappa shape index (κ1) is 22.0. The summed E-state index contributed by atoms with van der Waals surface area (Å²) in [6.07, 6.45) is -6.39. The van der Waals surface area contributed by atoms with Crippen molar-refractivity contribution in [3.63, 3.8) is 0 Å². The summed E-state index contributed by atoms with van der Waals surface area (Å²) in [4.78, 5) is 0. The van der Waals surface area contributed by atoms with Crippen LogP contribution in [0, 0.1) is 0 Å². The van der Waals surface area contributed by atoms with Crippen LogP contribution in [-0.4, -0.2) is 57.9 Å². The molecule has 156 valence electrons. The van der Waals surface area contributed by atoms with Gasteiger partial charge < -0.3 is 34.3 Å². The van der Waals surface area contributed by atoms with Crippen molar-refractivity contribution in [3.8, 4) is 11.5 Å². The Morgan fingerprint density at radius 2 is 1.48 bits per heavy atom. The van der Waals surface area contributed by atoms with Gasteiger partial charge in [-0.15, -0.1) is 0 Å². The average Bonchev–Trinajstić information content (AvgIpc) is 2.70. The first-order chi connectivity index (χ1) is 13.9. The highest BCUT2D eigenvalue weighted by Crippen LogP contribution is 2.27. The Labute approximate surface area is 182 Å². The van der Waals surface area contributed by atoms with E-state index in [0.29, 0.717) is 21.5 Å². The van der Waals surface area contributed by atoms with Gasteiger partial charge >= 0.3 is 5.24 Å². The van der Waals surface area contributed by atoms with Gasteiger partial charge in [0.25, 0.3) is 0 Å². The minimum absolute atomic E-state index is 0.334. The number of halogens is 2. The lowest BCUT2D eigenvalue weighted by Crippen LogP contribution is -2.61. The van der Waals surface area contributed by atoms with Gasteiger partial charge in [-0.3, -0.25) is 0 Å². The molecule has 2 aromatic carbocycles. The molecule has 1 saturated heterocycles. The zero-order chi connectivity index (χ0) is 21.0. The van der Waals surface area contributed by atoms with E-state index in [1.807, 2.05) is 0 Å². The molecule has 0 aliphatic carbocycles. The molecule has 10 heteroatoms. The molecule has 1 aliphatic rings. The van der Waals surface area contributed by atoms with Crippen molar-refractivity contribution >= 4 is 40.7 Å². The smallest absolute Gasteiger partial charge is 0.358 e. The lowest BCUT2D eigenvalue weighted by Gasteiger charge is -2.41. The maximum absolute atomic E-state index is 10.6. The summed E-state index contributed by atoms with van der Waals surface area (Å²) in [6.45, 7) is -0.529. The molecule has 1 fully saturated rings. The zero-order valence-corrected chi connectivity index (χ0v) is 17.2. The molecule has 29 heavy (non-hydrogen) atoms. The largest absolute Gasteiger partial charge is 0.462 e. The monoisotopic (exact) mass is 460 g/mol. The minimum Gasteiger partial charge on any atom is -0.462 e. The highest BCUT2D eigenvalue weighted by molar-refractivity contribution is 7.79. The van der Waals surface area contributed by atoms with Crippen LogP contribution in [0.3, 0.4) is 0 Å². The molecular formula is C19H18Cl2O7S. The van der Waals surface area contributed by atoms with Gasteiger partial charge in [0.2, 0.25) is 6.29 Å². The van der Waals surface area contributed by atoms with E-state index in [-0.39, 0.29) is 5.24 Å². The highest BCUT2D eigenvalue weighted by Gasteiger charge is 2.47. The van der Waals surface area contributed by atoms with Gasteiger partial charge in [-0.1, -0.05) is 23.2 Å². The third-order valence-electron chi connectivity index (χ3n) is 4.13. The molecule has 3 rings (SSSR count). The van der Waals surface area contributed by atoms with Crippen molar-refractivity contribution in [2.75, 3.05) is 6.61 Å². The van der Waals surface area contributed by atoms with E-state index in [1.165, 1.54) is 0 Å². The molecule has 0 spiro atoms. The Morgan fingerprint density at radius 3 is 2.03 bits per heavy atom. The topological polar surface area (TPSA) is 97.6 Å². The van der Waals surface area contributed by atoms with E-state index in [1.54, 1.807) is 48.5 Å². The number of hydrogen-bond donors (Lipinski definition) is 3. The van der Waals surface area contributed by atoms with E-state index in [2.05, 4.69) is 0 Å². The van der Waals surface area contributed by atoms with E-state index in [9.17, 15) is 15.3 Å². The molecule has 0 unspecified atom stereocenters. The molecule has 1 aliphatic heterocycles. The van der Waals surface area contributed by atoms with Gasteiger partial charge in [0.15, 0.2) is 12.2 Å². The normalized spacial score (nSPS) is 26.6. The number of ether oxygens (including phenoxy) is 4. The van der Waals surface area contributed by atoms with Crippen LogP contribution in [0.1, 0.15) is 0 Å². The minimum atomic E-state index is -1.43. The quantitative estimate of drug-likeness (QED) is 0.585. The van der Waals surface area contributed by atoms with Gasteiger partial charge in [0.1, 0.15) is 23.7 Å². The Morgan fingerprint density at radius 1 is 0.931 bits per heavy atom. The number of thiocarbonyl (C=S) groups is 1. The van der Waals surface area contributed by atoms with Gasteiger partial charge in [-0.2, -0.15) is 0 Å². The van der Waals surface area contributed by atoms with E-state index in [4.69, 9.17) is 54.4 Å². The summed E-state index contributed by atoms with van der Waals surface area (Å²) < 4.78 is 21.9. The fourth-order valence-electron chi connectivity index (χ4n) is 2.67. The standard InChI is InChI=1S/C19H18Cl2O7S/c20-10-1-5-12(6-2-10)25-18-16(24)17(15(23)14(9-22)27-18)28-19(29)26-13-7-3-11(21)4-8-13/h1-8,14-18,22-24H,9H2/t14-,15+,16-,17+,18+/m1/s1. The first-order valence-corrected chi connectivity index (χ1v) is 9.72. The number of hydrogen-bond acceptors (Lipinski definition) is 8. The van der Waals surface area contributed by atoms with Crippen LogP contribution < -0.4 is 9.47 Å². The second kappa shape index (κ2) is 9.90. The Balaban J connectivity index is 1.70. The van der Waals surface area contributed by atoms with Crippen LogP contribution in [0.4, 0.5) is 0 Å². The summed E-state index contributed by atoms with van der Waals surface area (Å²) in [5.74, 6) is 0.730. The maximum Gasteiger partial charge on any atom is 0.358 e. The van der Waals surface area contributed by atoms with Gasteiger partial charge in [-0.05, 0) is 48.5 Å². The van der Waals surface area contributed by atoms with Crippen LogP contribution in [0.5, 0.6) is 11.5 Å². The fraction of sp³-hybridized carbons (Fsp3) is 0.316. The van der Waals surface area contributed by atoms with Crippen molar-refractivity contribution in [3.05, 3.63) is 58.6 Å². The summed E-state index contributed by atoms with van der Waals surface area (Å²) in [6, 6.07) is 12.8. The Kier molecular flexibility index (Phi) is 7.53. The molecule has 3 N–H and O–H groups in total. The number of aliphatic hydroxyl groups excluding tert-OH is 3. The SMILES string of the molecule is OC[C@H]1O[C@H](Oc2ccc(Cl)cc2)[C@H](O)[C@@H](OC(=S)Oc2ccc(Cl)cc2)[C@H]1O. The Bertz CT molecular complexity index is 818. The molecule has 2 aromatic rings. The first-order valence-electron chi connectivity index (χ1n) is 8.56. The summed E-state index contributed by atoms with van der Waals surface area (Å²) in [7, 11) is 0. The lowest BCUT2D eigenvalue weighted by molar-refractivity contribution is -0.275. The van der Waals surface area contributed by atoms with Gasteiger partial charge in [0, 0.05) is 22.3 Å². The summed E-state index contributed by atoms with van der Waals surface area (Å²) in [5.41, 5.74) is 0. The highest BCUT2D eigenvalue weighted by atomic mass is 35.5. The van der Waals surface area contributed by atoms with Crippen LogP contribution in [0.15, 0.2) is 48.5 Å². The molecule has 0 bridgehead atoms. The van der Waals surface area contributed by atoms with Gasteiger partial charge in [0.05, 0.1) is 6.61 Å². The third-order valence-corrected chi connectivity index (χ3v) is 4.82. The molecule has 0 aromatic heterocycles. The van der Waals surface area contributed by atoms with E-state index < -0.39 is 37.3 Å². The summed E-state index contributed by atoms with van der Waals surface area (Å²) >= 11 is 16.7. The molecular weight excluding hydrogens is 443 g/mol. The van der Waals surface area contributed by atoms with Crippen LogP contribution in [0.25, 0.3) is 0 Å². The lowest BCUT2D eigenvalue weighted by atomic mass is 9.99. The van der Waals surface area contributed by atoms with Crippen LogP contribution in [-0.2, 0) is 9.47 Å². The van der Waals surface area contributed by atoms with Crippen molar-refractivity contribution in [2.24, 2.45) is 0 Å².